The maximum absolute atomic E-state index is 5.95. The van der Waals surface area contributed by atoms with E-state index in [4.69, 9.17) is 19.9 Å². The first-order chi connectivity index (χ1) is 9.69. The van der Waals surface area contributed by atoms with Crippen molar-refractivity contribution in [3.63, 3.8) is 0 Å². The van der Waals surface area contributed by atoms with Gasteiger partial charge in [-0.05, 0) is 30.3 Å². The molecule has 0 aliphatic rings. The molecule has 5 heteroatoms. The fourth-order valence-corrected chi connectivity index (χ4v) is 2.24. The summed E-state index contributed by atoms with van der Waals surface area (Å²) in [5.41, 5.74) is 6.65. The number of rotatable bonds is 5. The Morgan fingerprint density at radius 1 is 1.00 bits per heavy atom. The average molecular weight is 338 g/mol. The van der Waals surface area contributed by atoms with Crippen molar-refractivity contribution in [3.05, 3.63) is 46.4 Å². The third-order valence-corrected chi connectivity index (χ3v) is 3.33. The number of benzene rings is 2. The monoisotopic (exact) mass is 337 g/mol. The molecule has 0 fully saturated rings. The van der Waals surface area contributed by atoms with E-state index in [1.807, 2.05) is 36.4 Å². The molecule has 0 heterocycles. The largest absolute Gasteiger partial charge is 0.493 e. The highest BCUT2D eigenvalue weighted by Crippen LogP contribution is 2.41. The summed E-state index contributed by atoms with van der Waals surface area (Å²) in [5.74, 6) is 2.43. The van der Waals surface area contributed by atoms with E-state index < -0.39 is 0 Å². The first-order valence-corrected chi connectivity index (χ1v) is 6.86. The highest BCUT2D eigenvalue weighted by atomic mass is 79.9. The molecule has 0 aliphatic heterocycles. The normalized spacial score (nSPS) is 10.2. The Kier molecular flexibility index (Phi) is 4.87. The smallest absolute Gasteiger partial charge is 0.211 e. The van der Waals surface area contributed by atoms with Crippen LogP contribution in [0.4, 0.5) is 0 Å². The Bertz CT molecular complexity index is 579. The van der Waals surface area contributed by atoms with Gasteiger partial charge in [-0.15, -0.1) is 0 Å². The van der Waals surface area contributed by atoms with Gasteiger partial charge < -0.3 is 19.9 Å². The third-order valence-electron chi connectivity index (χ3n) is 2.84. The average Bonchev–Trinajstić information content (AvgIpc) is 2.49. The van der Waals surface area contributed by atoms with E-state index >= 15 is 0 Å². The molecule has 0 saturated heterocycles. The fourth-order valence-electron chi connectivity index (χ4n) is 1.83. The topological polar surface area (TPSA) is 53.7 Å². The summed E-state index contributed by atoms with van der Waals surface area (Å²) >= 11 is 3.42. The second-order valence-electron chi connectivity index (χ2n) is 4.05. The molecule has 0 aromatic heterocycles. The summed E-state index contributed by atoms with van der Waals surface area (Å²) in [4.78, 5) is 0. The molecule has 2 aromatic carbocycles. The van der Waals surface area contributed by atoms with Gasteiger partial charge in [0.1, 0.15) is 5.75 Å². The van der Waals surface area contributed by atoms with Crippen LogP contribution in [0.15, 0.2) is 40.9 Å². The van der Waals surface area contributed by atoms with E-state index in [0.29, 0.717) is 29.5 Å². The summed E-state index contributed by atoms with van der Waals surface area (Å²) in [6.07, 6.45) is 0. The number of ether oxygens (including phenoxy) is 3. The molecule has 0 atom stereocenters. The zero-order chi connectivity index (χ0) is 14.5. The number of hydrogen-bond acceptors (Lipinski definition) is 4. The first kappa shape index (κ1) is 14.7. The predicted octanol–water partition coefficient (Wildman–Crippen LogP) is 3.72. The van der Waals surface area contributed by atoms with Crippen LogP contribution in [0, 0.1) is 0 Å². The van der Waals surface area contributed by atoms with Crippen molar-refractivity contribution < 1.29 is 14.2 Å². The van der Waals surface area contributed by atoms with Crippen LogP contribution in [0.3, 0.4) is 0 Å². The van der Waals surface area contributed by atoms with Gasteiger partial charge in [-0.2, -0.15) is 0 Å². The maximum Gasteiger partial charge on any atom is 0.211 e. The molecule has 0 spiro atoms. The SMILES string of the molecule is COc1cccc(OC)c1Oc1ccc(Br)cc1CN. The molecular weight excluding hydrogens is 322 g/mol. The molecule has 2 rings (SSSR count). The van der Waals surface area contributed by atoms with Crippen LogP contribution >= 0.6 is 15.9 Å². The second-order valence-corrected chi connectivity index (χ2v) is 4.97. The van der Waals surface area contributed by atoms with Gasteiger partial charge in [-0.1, -0.05) is 22.0 Å². The van der Waals surface area contributed by atoms with Crippen LogP contribution in [0.1, 0.15) is 5.56 Å². The summed E-state index contributed by atoms with van der Waals surface area (Å²) in [6.45, 7) is 0.381. The quantitative estimate of drug-likeness (QED) is 0.903. The van der Waals surface area contributed by atoms with Crippen LogP contribution in [0.5, 0.6) is 23.0 Å². The van der Waals surface area contributed by atoms with Crippen LogP contribution in [0.25, 0.3) is 0 Å². The molecule has 106 valence electrons. The Morgan fingerprint density at radius 3 is 2.20 bits per heavy atom. The summed E-state index contributed by atoms with van der Waals surface area (Å²) in [6, 6.07) is 11.2. The number of para-hydroxylation sites is 1. The zero-order valence-electron chi connectivity index (χ0n) is 11.4. The number of nitrogens with two attached hydrogens (primary N) is 1. The number of methoxy groups -OCH3 is 2. The standard InChI is InChI=1S/C15H16BrNO3/c1-18-13-4-3-5-14(19-2)15(13)20-12-7-6-11(16)8-10(12)9-17/h3-8H,9,17H2,1-2H3. The Morgan fingerprint density at radius 2 is 1.65 bits per heavy atom. The van der Waals surface area contributed by atoms with Crippen molar-refractivity contribution in [2.45, 2.75) is 6.54 Å². The molecular formula is C15H16BrNO3. The van der Waals surface area contributed by atoms with Gasteiger partial charge in [0.05, 0.1) is 14.2 Å². The Balaban J connectivity index is 2.44. The second kappa shape index (κ2) is 6.63. The van der Waals surface area contributed by atoms with Gasteiger partial charge in [-0.3, -0.25) is 0 Å². The van der Waals surface area contributed by atoms with Crippen LogP contribution in [0.2, 0.25) is 0 Å². The maximum atomic E-state index is 5.95. The van der Waals surface area contributed by atoms with E-state index in [1.54, 1.807) is 14.2 Å². The van der Waals surface area contributed by atoms with Crippen molar-refractivity contribution in [2.75, 3.05) is 14.2 Å². The lowest BCUT2D eigenvalue weighted by molar-refractivity contribution is 0.345. The van der Waals surface area contributed by atoms with Gasteiger partial charge in [-0.25, -0.2) is 0 Å². The molecule has 4 nitrogen and oxygen atoms in total. The fraction of sp³-hybridized carbons (Fsp3) is 0.200. The van der Waals surface area contributed by atoms with Gasteiger partial charge >= 0.3 is 0 Å². The van der Waals surface area contributed by atoms with E-state index in [1.165, 1.54) is 0 Å². The molecule has 0 saturated carbocycles. The first-order valence-electron chi connectivity index (χ1n) is 6.07. The Hall–Kier alpha value is -1.72. The number of hydrogen-bond donors (Lipinski definition) is 1. The van der Waals surface area contributed by atoms with Gasteiger partial charge in [0.15, 0.2) is 11.5 Å². The summed E-state index contributed by atoms with van der Waals surface area (Å²) in [5, 5.41) is 0. The lowest BCUT2D eigenvalue weighted by Gasteiger charge is -2.15. The molecule has 0 bridgehead atoms. The number of halogens is 1. The van der Waals surface area contributed by atoms with E-state index in [2.05, 4.69) is 15.9 Å². The van der Waals surface area contributed by atoms with Crippen molar-refractivity contribution in [1.29, 1.82) is 0 Å². The third kappa shape index (κ3) is 3.05. The molecule has 0 unspecified atom stereocenters. The zero-order valence-corrected chi connectivity index (χ0v) is 12.9. The van der Waals surface area contributed by atoms with Crippen LogP contribution < -0.4 is 19.9 Å². The van der Waals surface area contributed by atoms with Crippen LogP contribution in [-0.4, -0.2) is 14.2 Å². The van der Waals surface area contributed by atoms with Crippen molar-refractivity contribution in [2.24, 2.45) is 5.73 Å². The minimum absolute atomic E-state index is 0.381. The molecule has 20 heavy (non-hydrogen) atoms. The van der Waals surface area contributed by atoms with Crippen LogP contribution in [-0.2, 0) is 6.54 Å². The predicted molar refractivity (Wildman–Crippen MR) is 81.7 cm³/mol. The minimum atomic E-state index is 0.381. The molecule has 2 N–H and O–H groups in total. The van der Waals surface area contributed by atoms with Crippen molar-refractivity contribution in [1.82, 2.24) is 0 Å². The van der Waals surface area contributed by atoms with Gasteiger partial charge in [0.2, 0.25) is 5.75 Å². The minimum Gasteiger partial charge on any atom is -0.493 e. The lowest BCUT2D eigenvalue weighted by Crippen LogP contribution is -2.01. The van der Waals surface area contributed by atoms with Gasteiger partial charge in [0.25, 0.3) is 0 Å². The summed E-state index contributed by atoms with van der Waals surface area (Å²) < 4.78 is 17.5. The summed E-state index contributed by atoms with van der Waals surface area (Å²) in [7, 11) is 3.18. The highest BCUT2D eigenvalue weighted by molar-refractivity contribution is 9.10. The van der Waals surface area contributed by atoms with E-state index in [9.17, 15) is 0 Å². The molecule has 0 amide bonds. The van der Waals surface area contributed by atoms with Crippen molar-refractivity contribution >= 4 is 15.9 Å². The highest BCUT2D eigenvalue weighted by Gasteiger charge is 2.14. The van der Waals surface area contributed by atoms with E-state index in [0.717, 1.165) is 10.0 Å². The van der Waals surface area contributed by atoms with Gasteiger partial charge in [0, 0.05) is 16.6 Å². The molecule has 0 aliphatic carbocycles. The lowest BCUT2D eigenvalue weighted by atomic mass is 10.2. The van der Waals surface area contributed by atoms with Crippen molar-refractivity contribution in [3.8, 4) is 23.0 Å². The molecule has 0 radical (unpaired) electrons. The molecule has 2 aromatic rings. The van der Waals surface area contributed by atoms with E-state index in [-0.39, 0.29) is 0 Å². The Labute approximate surface area is 126 Å².